The molecular formula is C8H4F3IN2O5. The van der Waals surface area contributed by atoms with Crippen LogP contribution in [0.15, 0.2) is 6.20 Å². The van der Waals surface area contributed by atoms with E-state index >= 15 is 0 Å². The van der Waals surface area contributed by atoms with Crippen LogP contribution in [-0.4, -0.2) is 27.3 Å². The van der Waals surface area contributed by atoms with Gasteiger partial charge >= 0.3 is 18.0 Å². The Morgan fingerprint density at radius 1 is 1.58 bits per heavy atom. The van der Waals surface area contributed by atoms with Crippen molar-refractivity contribution >= 4 is 34.2 Å². The van der Waals surface area contributed by atoms with Crippen molar-refractivity contribution in [2.24, 2.45) is 0 Å². The molecule has 0 aliphatic heterocycles. The molecule has 0 saturated heterocycles. The molecule has 0 radical (unpaired) electrons. The van der Waals surface area contributed by atoms with Gasteiger partial charge < -0.3 is 9.84 Å². The second kappa shape index (κ2) is 5.54. The topological polar surface area (TPSA) is 103 Å². The van der Waals surface area contributed by atoms with Crippen molar-refractivity contribution in [3.63, 3.8) is 0 Å². The first-order valence-corrected chi connectivity index (χ1v) is 5.49. The highest BCUT2D eigenvalue weighted by atomic mass is 127. The standard InChI is InChI=1S/C8H4F3IN2O5/c9-8(10,11)19-4-2-13-7(12)6(14(17)18)3(4)1-5(15)16/h2H,1H2,(H,15,16). The molecule has 11 heteroatoms. The molecule has 104 valence electrons. The first-order chi connectivity index (χ1) is 8.61. The SMILES string of the molecule is O=C(O)Cc1c(OC(F)(F)F)cnc(I)c1[N+](=O)[O-]. The van der Waals surface area contributed by atoms with Crippen LogP contribution >= 0.6 is 22.6 Å². The molecule has 0 saturated carbocycles. The van der Waals surface area contributed by atoms with Crippen LogP contribution in [0.4, 0.5) is 18.9 Å². The predicted molar refractivity (Wildman–Crippen MR) is 61.6 cm³/mol. The Morgan fingerprint density at radius 3 is 2.58 bits per heavy atom. The first kappa shape index (κ1) is 15.4. The number of carboxylic acids is 1. The number of rotatable bonds is 4. The minimum absolute atomic E-state index is 0.228. The van der Waals surface area contributed by atoms with Gasteiger partial charge in [0.25, 0.3) is 0 Å². The number of hydrogen-bond donors (Lipinski definition) is 1. The number of alkyl halides is 3. The van der Waals surface area contributed by atoms with Gasteiger partial charge in [-0.15, -0.1) is 13.2 Å². The minimum Gasteiger partial charge on any atom is -0.481 e. The van der Waals surface area contributed by atoms with Crippen molar-refractivity contribution in [1.29, 1.82) is 0 Å². The lowest BCUT2D eigenvalue weighted by Gasteiger charge is -2.12. The molecule has 0 amide bonds. The van der Waals surface area contributed by atoms with Gasteiger partial charge in [0.2, 0.25) is 0 Å². The minimum atomic E-state index is -5.10. The van der Waals surface area contributed by atoms with Crippen LogP contribution in [-0.2, 0) is 11.2 Å². The normalized spacial score (nSPS) is 11.2. The largest absolute Gasteiger partial charge is 0.573 e. The lowest BCUT2D eigenvalue weighted by molar-refractivity contribution is -0.387. The molecule has 19 heavy (non-hydrogen) atoms. The van der Waals surface area contributed by atoms with Crippen molar-refractivity contribution in [2.75, 3.05) is 0 Å². The number of nitro groups is 1. The highest BCUT2D eigenvalue weighted by Gasteiger charge is 2.35. The van der Waals surface area contributed by atoms with E-state index in [0.29, 0.717) is 6.20 Å². The Balaban J connectivity index is 3.42. The van der Waals surface area contributed by atoms with Gasteiger partial charge in [-0.3, -0.25) is 14.9 Å². The number of hydrogen-bond acceptors (Lipinski definition) is 5. The highest BCUT2D eigenvalue weighted by molar-refractivity contribution is 14.1. The van der Waals surface area contributed by atoms with E-state index < -0.39 is 40.7 Å². The van der Waals surface area contributed by atoms with Crippen molar-refractivity contribution in [3.8, 4) is 5.75 Å². The molecule has 0 spiro atoms. The number of carbonyl (C=O) groups is 1. The van der Waals surface area contributed by atoms with Gasteiger partial charge in [-0.2, -0.15) is 0 Å². The second-order valence-electron chi connectivity index (χ2n) is 3.12. The number of pyridine rings is 1. The molecule has 1 aromatic rings. The van der Waals surface area contributed by atoms with Gasteiger partial charge in [0, 0.05) is 0 Å². The van der Waals surface area contributed by atoms with Crippen LogP contribution in [0.2, 0.25) is 0 Å². The molecule has 1 rings (SSSR count). The molecular weight excluding hydrogens is 388 g/mol. The molecule has 0 fully saturated rings. The summed E-state index contributed by atoms with van der Waals surface area (Å²) < 4.78 is 39.7. The van der Waals surface area contributed by atoms with Gasteiger partial charge in [-0.25, -0.2) is 4.98 Å². The first-order valence-electron chi connectivity index (χ1n) is 4.41. The average Bonchev–Trinajstić information content (AvgIpc) is 2.19. The predicted octanol–water partition coefficient (Wildman–Crippen LogP) is 2.12. The molecule has 0 unspecified atom stereocenters. The van der Waals surface area contributed by atoms with E-state index in [1.807, 2.05) is 0 Å². The maximum Gasteiger partial charge on any atom is 0.573 e. The van der Waals surface area contributed by atoms with Crippen molar-refractivity contribution < 1.29 is 32.7 Å². The molecule has 0 atom stereocenters. The zero-order valence-corrected chi connectivity index (χ0v) is 10.9. The van der Waals surface area contributed by atoms with E-state index in [-0.39, 0.29) is 3.70 Å². The highest BCUT2D eigenvalue weighted by Crippen LogP contribution is 2.34. The smallest absolute Gasteiger partial charge is 0.481 e. The Bertz CT molecular complexity index is 534. The number of nitrogens with zero attached hydrogens (tertiary/aromatic N) is 2. The number of aromatic nitrogens is 1. The van der Waals surface area contributed by atoms with Crippen molar-refractivity contribution in [1.82, 2.24) is 4.98 Å². The summed E-state index contributed by atoms with van der Waals surface area (Å²) >= 11 is 1.42. The Labute approximate surface area is 116 Å². The molecule has 0 aromatic carbocycles. The summed E-state index contributed by atoms with van der Waals surface area (Å²) in [5.74, 6) is -2.53. The zero-order chi connectivity index (χ0) is 14.8. The molecule has 0 aliphatic carbocycles. The number of halogens is 4. The van der Waals surface area contributed by atoms with Gasteiger partial charge in [-0.1, -0.05) is 0 Å². The quantitative estimate of drug-likeness (QED) is 0.365. The molecule has 1 aromatic heterocycles. The van der Waals surface area contributed by atoms with E-state index in [0.717, 1.165) is 0 Å². The maximum absolute atomic E-state index is 12.1. The molecule has 7 nitrogen and oxygen atoms in total. The summed E-state index contributed by atoms with van der Waals surface area (Å²) in [5, 5.41) is 19.4. The Kier molecular flexibility index (Phi) is 4.49. The third kappa shape index (κ3) is 4.18. The summed E-state index contributed by atoms with van der Waals surface area (Å²) in [6, 6.07) is 0. The van der Waals surface area contributed by atoms with Crippen LogP contribution in [0, 0.1) is 13.8 Å². The van der Waals surface area contributed by atoms with E-state index in [9.17, 15) is 28.1 Å². The van der Waals surface area contributed by atoms with E-state index in [1.165, 1.54) is 22.6 Å². The van der Waals surface area contributed by atoms with Crippen molar-refractivity contribution in [3.05, 3.63) is 25.6 Å². The third-order valence-electron chi connectivity index (χ3n) is 1.81. The zero-order valence-electron chi connectivity index (χ0n) is 8.77. The lowest BCUT2D eigenvalue weighted by atomic mass is 10.1. The fraction of sp³-hybridized carbons (Fsp3) is 0.250. The summed E-state index contributed by atoms with van der Waals surface area (Å²) in [6.45, 7) is 0. The van der Waals surface area contributed by atoms with Gasteiger partial charge in [-0.05, 0) is 22.6 Å². The van der Waals surface area contributed by atoms with Crippen LogP contribution in [0.25, 0.3) is 0 Å². The Hall–Kier alpha value is -1.66. The summed E-state index contributed by atoms with van der Waals surface area (Å²) in [5.41, 5.74) is -1.50. The molecule has 0 bridgehead atoms. The van der Waals surface area contributed by atoms with Gasteiger partial charge in [0.1, 0.15) is 0 Å². The van der Waals surface area contributed by atoms with E-state index in [4.69, 9.17) is 5.11 Å². The van der Waals surface area contributed by atoms with Crippen LogP contribution < -0.4 is 4.74 Å². The van der Waals surface area contributed by atoms with Gasteiger partial charge in [0.15, 0.2) is 9.45 Å². The summed E-state index contributed by atoms with van der Waals surface area (Å²) in [6.07, 6.45) is -5.49. The average molecular weight is 392 g/mol. The van der Waals surface area contributed by atoms with Crippen LogP contribution in [0.5, 0.6) is 5.75 Å². The number of aliphatic carboxylic acids is 1. The molecule has 0 aliphatic rings. The van der Waals surface area contributed by atoms with Crippen molar-refractivity contribution in [2.45, 2.75) is 12.8 Å². The van der Waals surface area contributed by atoms with Crippen LogP contribution in [0.3, 0.4) is 0 Å². The third-order valence-corrected chi connectivity index (χ3v) is 2.60. The molecule has 1 N–H and O–H groups in total. The van der Waals surface area contributed by atoms with E-state index in [1.54, 1.807) is 0 Å². The fourth-order valence-electron chi connectivity index (χ4n) is 1.22. The maximum atomic E-state index is 12.1. The second-order valence-corrected chi connectivity index (χ2v) is 4.14. The fourth-order valence-corrected chi connectivity index (χ4v) is 1.88. The summed E-state index contributed by atoms with van der Waals surface area (Å²) in [4.78, 5) is 23.7. The molecule has 1 heterocycles. The van der Waals surface area contributed by atoms with E-state index in [2.05, 4.69) is 9.72 Å². The summed E-state index contributed by atoms with van der Waals surface area (Å²) in [7, 11) is 0. The Morgan fingerprint density at radius 2 is 2.16 bits per heavy atom. The lowest BCUT2D eigenvalue weighted by Crippen LogP contribution is -2.20. The monoisotopic (exact) mass is 392 g/mol. The van der Waals surface area contributed by atoms with Gasteiger partial charge in [0.05, 0.1) is 23.1 Å². The number of carboxylic acid groups (broad SMARTS) is 1. The number of ether oxygens (including phenoxy) is 1. The van der Waals surface area contributed by atoms with Crippen LogP contribution in [0.1, 0.15) is 5.56 Å².